The first-order valence-electron chi connectivity index (χ1n) is 8.38. The Balaban J connectivity index is 1.85. The Morgan fingerprint density at radius 2 is 1.74 bits per heavy atom. The fourth-order valence-corrected chi connectivity index (χ4v) is 7.02. The number of rotatable bonds is 4. The summed E-state index contributed by atoms with van der Waals surface area (Å²) >= 11 is 6.15. The van der Waals surface area contributed by atoms with Crippen molar-refractivity contribution in [3.05, 3.63) is 70.5 Å². The summed E-state index contributed by atoms with van der Waals surface area (Å²) in [5.74, 6) is -1.41. The molecule has 27 heavy (non-hydrogen) atoms. The lowest BCUT2D eigenvalue weighted by molar-refractivity contribution is 0.426. The van der Waals surface area contributed by atoms with E-state index in [4.69, 9.17) is 11.6 Å². The molecule has 5 nitrogen and oxygen atoms in total. The molecule has 2 aromatic rings. The number of nitrogens with zero attached hydrogens (tertiary/aromatic N) is 1. The molecule has 0 spiro atoms. The molecule has 0 N–H and O–H groups in total. The number of hydrogen-bond acceptors (Lipinski definition) is 4. The lowest BCUT2D eigenvalue weighted by Crippen LogP contribution is -2.34. The van der Waals surface area contributed by atoms with E-state index in [-0.39, 0.29) is 30.8 Å². The van der Waals surface area contributed by atoms with Crippen molar-refractivity contribution in [2.45, 2.75) is 17.4 Å². The highest BCUT2D eigenvalue weighted by Crippen LogP contribution is 2.34. The average Bonchev–Trinajstić information content (AvgIpc) is 2.76. The van der Waals surface area contributed by atoms with Crippen LogP contribution in [0, 0.1) is 5.82 Å². The molecule has 146 valence electrons. The van der Waals surface area contributed by atoms with Crippen molar-refractivity contribution < 1.29 is 21.2 Å². The SMILES string of the molecule is O=S1(=O)CCN(S(=O)(=O)Cc2ccccc2F)CCC1c1ccccc1Cl. The second-order valence-electron chi connectivity index (χ2n) is 6.41. The average molecular weight is 432 g/mol. The quantitative estimate of drug-likeness (QED) is 0.745. The van der Waals surface area contributed by atoms with Gasteiger partial charge in [-0.2, -0.15) is 0 Å². The van der Waals surface area contributed by atoms with Crippen LogP contribution in [0.5, 0.6) is 0 Å². The van der Waals surface area contributed by atoms with Crippen molar-refractivity contribution in [1.82, 2.24) is 4.31 Å². The molecule has 1 aliphatic rings. The van der Waals surface area contributed by atoms with Crippen LogP contribution >= 0.6 is 11.6 Å². The number of benzene rings is 2. The van der Waals surface area contributed by atoms with Gasteiger partial charge in [-0.25, -0.2) is 25.5 Å². The summed E-state index contributed by atoms with van der Waals surface area (Å²) in [6.45, 7) is -0.119. The fraction of sp³-hybridized carbons (Fsp3) is 0.333. The topological polar surface area (TPSA) is 71.5 Å². The minimum absolute atomic E-state index is 0.0336. The third-order valence-corrected chi connectivity index (χ3v) is 8.92. The van der Waals surface area contributed by atoms with Crippen molar-refractivity contribution in [3.63, 3.8) is 0 Å². The van der Waals surface area contributed by atoms with Crippen LogP contribution in [-0.2, 0) is 25.6 Å². The van der Waals surface area contributed by atoms with E-state index in [1.807, 2.05) is 0 Å². The van der Waals surface area contributed by atoms with Gasteiger partial charge in [0.15, 0.2) is 9.84 Å². The van der Waals surface area contributed by atoms with Gasteiger partial charge >= 0.3 is 0 Å². The molecule has 0 bridgehead atoms. The molecule has 0 radical (unpaired) electrons. The third-order valence-electron chi connectivity index (χ3n) is 4.64. The summed E-state index contributed by atoms with van der Waals surface area (Å²) in [7, 11) is -7.43. The van der Waals surface area contributed by atoms with Crippen LogP contribution in [0.1, 0.15) is 22.8 Å². The van der Waals surface area contributed by atoms with Gasteiger partial charge in [-0.1, -0.05) is 48.0 Å². The smallest absolute Gasteiger partial charge is 0.218 e. The summed E-state index contributed by atoms with van der Waals surface area (Å²) in [4.78, 5) is 0. The highest BCUT2D eigenvalue weighted by molar-refractivity contribution is 7.92. The number of sulfonamides is 1. The molecule has 0 saturated carbocycles. The van der Waals surface area contributed by atoms with Crippen LogP contribution < -0.4 is 0 Å². The van der Waals surface area contributed by atoms with Crippen LogP contribution in [0.4, 0.5) is 4.39 Å². The predicted molar refractivity (Wildman–Crippen MR) is 103 cm³/mol. The van der Waals surface area contributed by atoms with Gasteiger partial charge in [-0.3, -0.25) is 0 Å². The first-order valence-corrected chi connectivity index (χ1v) is 12.1. The molecule has 1 heterocycles. The van der Waals surface area contributed by atoms with E-state index in [0.717, 1.165) is 4.31 Å². The van der Waals surface area contributed by atoms with E-state index in [1.54, 1.807) is 30.3 Å². The van der Waals surface area contributed by atoms with Crippen molar-refractivity contribution in [3.8, 4) is 0 Å². The molecule has 0 aromatic heterocycles. The molecular formula is C18H19ClFNO4S2. The highest BCUT2D eigenvalue weighted by atomic mass is 35.5. The van der Waals surface area contributed by atoms with Crippen molar-refractivity contribution in [2.24, 2.45) is 0 Å². The maximum atomic E-state index is 13.8. The normalized spacial score (nSPS) is 20.9. The Labute approximate surface area is 163 Å². The molecule has 3 rings (SSSR count). The van der Waals surface area contributed by atoms with Crippen LogP contribution in [0.25, 0.3) is 0 Å². The molecular weight excluding hydrogens is 413 g/mol. The highest BCUT2D eigenvalue weighted by Gasteiger charge is 2.36. The largest absolute Gasteiger partial charge is 0.228 e. The lowest BCUT2D eigenvalue weighted by Gasteiger charge is -2.20. The van der Waals surface area contributed by atoms with Crippen LogP contribution in [-0.4, -0.2) is 40.0 Å². The molecule has 1 fully saturated rings. The summed E-state index contributed by atoms with van der Waals surface area (Å²) in [6, 6.07) is 12.3. The first kappa shape index (κ1) is 20.3. The number of hydrogen-bond donors (Lipinski definition) is 0. The van der Waals surface area contributed by atoms with E-state index in [2.05, 4.69) is 0 Å². The minimum atomic E-state index is -3.85. The van der Waals surface area contributed by atoms with Gasteiger partial charge in [-0.05, 0) is 24.1 Å². The Bertz CT molecular complexity index is 1040. The molecule has 0 amide bonds. The number of sulfone groups is 1. The second-order valence-corrected chi connectivity index (χ2v) is 11.1. The van der Waals surface area contributed by atoms with E-state index in [1.165, 1.54) is 18.2 Å². The molecule has 0 aliphatic carbocycles. The zero-order valence-corrected chi connectivity index (χ0v) is 16.8. The molecule has 2 aromatic carbocycles. The van der Waals surface area contributed by atoms with Gasteiger partial charge in [0, 0.05) is 23.7 Å². The fourth-order valence-electron chi connectivity index (χ4n) is 3.19. The zero-order valence-electron chi connectivity index (χ0n) is 14.4. The van der Waals surface area contributed by atoms with Gasteiger partial charge in [0.1, 0.15) is 5.82 Å². The predicted octanol–water partition coefficient (Wildman–Crippen LogP) is 3.17. The Hall–Kier alpha value is -1.48. The lowest BCUT2D eigenvalue weighted by atomic mass is 10.1. The van der Waals surface area contributed by atoms with Crippen molar-refractivity contribution in [1.29, 1.82) is 0 Å². The molecule has 1 aliphatic heterocycles. The monoisotopic (exact) mass is 431 g/mol. The second kappa shape index (κ2) is 7.87. The van der Waals surface area contributed by atoms with E-state index >= 15 is 0 Å². The summed E-state index contributed by atoms with van der Waals surface area (Å²) in [6.07, 6.45) is 0.0998. The Morgan fingerprint density at radius 1 is 1.07 bits per heavy atom. The van der Waals surface area contributed by atoms with Gasteiger partial charge < -0.3 is 0 Å². The van der Waals surface area contributed by atoms with Gasteiger partial charge in [0.25, 0.3) is 0 Å². The van der Waals surface area contributed by atoms with Crippen molar-refractivity contribution in [2.75, 3.05) is 18.8 Å². The minimum Gasteiger partial charge on any atom is -0.228 e. The van der Waals surface area contributed by atoms with Crippen molar-refractivity contribution >= 4 is 31.5 Å². The van der Waals surface area contributed by atoms with Crippen LogP contribution in [0.15, 0.2) is 48.5 Å². The maximum absolute atomic E-state index is 13.8. The molecule has 1 atom stereocenters. The van der Waals surface area contributed by atoms with Gasteiger partial charge in [-0.15, -0.1) is 0 Å². The maximum Gasteiger partial charge on any atom is 0.218 e. The molecule has 1 unspecified atom stereocenters. The van der Waals surface area contributed by atoms with Crippen LogP contribution in [0.3, 0.4) is 0 Å². The molecule has 9 heteroatoms. The van der Waals surface area contributed by atoms with Crippen LogP contribution in [0.2, 0.25) is 5.02 Å². The third kappa shape index (κ3) is 4.51. The standard InChI is InChI=1S/C18H19ClFNO4S2/c19-16-7-3-2-6-15(16)18-9-10-21(11-12-26(18,22)23)27(24,25)13-14-5-1-4-8-17(14)20/h1-8,18H,9-13H2. The summed E-state index contributed by atoms with van der Waals surface area (Å²) in [5, 5.41) is -0.520. The zero-order chi connectivity index (χ0) is 19.7. The van der Waals surface area contributed by atoms with Gasteiger partial charge in [0.2, 0.25) is 10.0 Å². The Kier molecular flexibility index (Phi) is 5.90. The van der Waals surface area contributed by atoms with E-state index < -0.39 is 36.7 Å². The Morgan fingerprint density at radius 3 is 2.44 bits per heavy atom. The van der Waals surface area contributed by atoms with E-state index in [0.29, 0.717) is 10.6 Å². The molecule has 1 saturated heterocycles. The van der Waals surface area contributed by atoms with E-state index in [9.17, 15) is 21.2 Å². The van der Waals surface area contributed by atoms with Gasteiger partial charge in [0.05, 0.1) is 16.8 Å². The number of halogens is 2. The first-order chi connectivity index (χ1) is 12.7. The summed E-state index contributed by atoms with van der Waals surface area (Å²) < 4.78 is 65.8. The summed E-state index contributed by atoms with van der Waals surface area (Å²) in [5.41, 5.74) is 0.541.